The van der Waals surface area contributed by atoms with Gasteiger partial charge in [-0.25, -0.2) is 4.99 Å². The van der Waals surface area contributed by atoms with Gasteiger partial charge in [0.05, 0.1) is 0 Å². The van der Waals surface area contributed by atoms with E-state index in [4.69, 9.17) is 28.9 Å². The van der Waals surface area contributed by atoms with Crippen LogP contribution in [0.15, 0.2) is 9.98 Å². The van der Waals surface area contributed by atoms with Crippen molar-refractivity contribution in [2.24, 2.45) is 21.5 Å². The summed E-state index contributed by atoms with van der Waals surface area (Å²) in [5, 5.41) is 8.19. The van der Waals surface area contributed by atoms with E-state index in [1.54, 1.807) is 0 Å². The van der Waals surface area contributed by atoms with Crippen LogP contribution >= 0.6 is 12.2 Å². The summed E-state index contributed by atoms with van der Waals surface area (Å²) in [6.45, 7) is 0. The maximum atomic E-state index is 8.19. The fourth-order valence-electron chi connectivity index (χ4n) is 0.642. The molecule has 0 saturated carbocycles. The summed E-state index contributed by atoms with van der Waals surface area (Å²) >= 11 is 4.77. The van der Waals surface area contributed by atoms with Crippen molar-refractivity contribution >= 4 is 28.9 Å². The van der Waals surface area contributed by atoms with Gasteiger partial charge in [-0.1, -0.05) is 12.2 Å². The van der Waals surface area contributed by atoms with Crippen molar-refractivity contribution in [3.63, 3.8) is 0 Å². The molecule has 0 aromatic carbocycles. The van der Waals surface area contributed by atoms with Crippen LogP contribution in [0.1, 0.15) is 0 Å². The second kappa shape index (κ2) is 3.15. The highest BCUT2D eigenvalue weighted by atomic mass is 32.1. The van der Waals surface area contributed by atoms with Gasteiger partial charge in [0.1, 0.15) is 10.7 Å². The number of thiocarbonyl (C=S) groups is 1. The highest BCUT2D eigenvalue weighted by Crippen LogP contribution is 2.03. The molecule has 1 aliphatic rings. The molecule has 0 radical (unpaired) electrons. The third-order valence-electron chi connectivity index (χ3n) is 1.13. The molecule has 0 amide bonds. The molecule has 4 N–H and O–H groups in total. The Morgan fingerprint density at radius 3 is 2.83 bits per heavy atom. The number of nitriles is 1. The van der Waals surface area contributed by atoms with Crippen molar-refractivity contribution < 1.29 is 4.74 Å². The van der Waals surface area contributed by atoms with Gasteiger partial charge in [0.25, 0.3) is 6.26 Å². The molecule has 0 aromatic rings. The van der Waals surface area contributed by atoms with Crippen LogP contribution in [0.2, 0.25) is 0 Å². The van der Waals surface area contributed by atoms with Crippen molar-refractivity contribution in [3.05, 3.63) is 0 Å². The van der Waals surface area contributed by atoms with Crippen LogP contribution in [0.3, 0.4) is 0 Å². The topological polar surface area (TPSA) is 110 Å². The smallest absolute Gasteiger partial charge is 0.288 e. The van der Waals surface area contributed by atoms with Gasteiger partial charge in [0, 0.05) is 0 Å². The Morgan fingerprint density at radius 2 is 2.25 bits per heavy atom. The first-order valence-corrected chi connectivity index (χ1v) is 3.32. The molecule has 7 heteroatoms. The fourth-order valence-corrected chi connectivity index (χ4v) is 0.789. The molecule has 0 fully saturated rings. The van der Waals surface area contributed by atoms with E-state index in [1.807, 2.05) is 0 Å². The molecule has 0 aliphatic carbocycles. The van der Waals surface area contributed by atoms with E-state index in [1.165, 1.54) is 6.26 Å². The zero-order valence-electron chi connectivity index (χ0n) is 5.89. The van der Waals surface area contributed by atoms with E-state index in [0.717, 1.165) is 0 Å². The van der Waals surface area contributed by atoms with Crippen molar-refractivity contribution in [1.29, 1.82) is 5.26 Å². The molecule has 1 heterocycles. The molecule has 0 aromatic heterocycles. The van der Waals surface area contributed by atoms with E-state index in [9.17, 15) is 0 Å². The van der Waals surface area contributed by atoms with Crippen LogP contribution in [0, 0.1) is 11.5 Å². The largest absolute Gasteiger partial charge is 0.394 e. The molecule has 1 aliphatic heterocycles. The van der Waals surface area contributed by atoms with Gasteiger partial charge in [-0.3, -0.25) is 0 Å². The minimum atomic E-state index is -0.900. The lowest BCUT2D eigenvalue weighted by molar-refractivity contribution is 0.234. The average molecular weight is 183 g/mol. The van der Waals surface area contributed by atoms with Crippen LogP contribution in [-0.2, 0) is 4.74 Å². The van der Waals surface area contributed by atoms with E-state index >= 15 is 0 Å². The number of rotatable bonds is 1. The summed E-state index contributed by atoms with van der Waals surface area (Å²) in [4.78, 5) is 7.40. The van der Waals surface area contributed by atoms with Gasteiger partial charge < -0.3 is 16.2 Å². The standard InChI is InChI=1S/C5H5N5OS/c6-1-11-4-2(12)3(7)9-5(8)10-4/h4H,(H4,7,8,9,10)/t4-/m1/s1. The Bertz CT molecular complexity index is 314. The van der Waals surface area contributed by atoms with Crippen LogP contribution in [0.25, 0.3) is 0 Å². The third-order valence-corrected chi connectivity index (χ3v) is 1.54. The first kappa shape index (κ1) is 8.42. The Hall–Kier alpha value is -1.68. The lowest BCUT2D eigenvalue weighted by atomic mass is 10.3. The highest BCUT2D eigenvalue weighted by Gasteiger charge is 2.22. The van der Waals surface area contributed by atoms with Gasteiger partial charge in [-0.15, -0.1) is 0 Å². The van der Waals surface area contributed by atoms with Crippen LogP contribution in [0.4, 0.5) is 0 Å². The van der Waals surface area contributed by atoms with Crippen molar-refractivity contribution in [2.45, 2.75) is 6.23 Å². The molecule has 0 saturated heterocycles. The van der Waals surface area contributed by atoms with Gasteiger partial charge in [-0.05, 0) is 0 Å². The van der Waals surface area contributed by atoms with Crippen molar-refractivity contribution in [1.82, 2.24) is 0 Å². The summed E-state index contributed by atoms with van der Waals surface area (Å²) in [5.41, 5.74) is 10.6. The van der Waals surface area contributed by atoms with Crippen molar-refractivity contribution in [3.8, 4) is 6.26 Å². The minimum Gasteiger partial charge on any atom is -0.394 e. The number of nitrogens with zero attached hydrogens (tertiary/aromatic N) is 3. The number of nitrogens with two attached hydrogens (primary N) is 2. The molecule has 6 nitrogen and oxygen atoms in total. The van der Waals surface area contributed by atoms with E-state index < -0.39 is 6.23 Å². The molecule has 0 unspecified atom stereocenters. The molecule has 1 rings (SSSR count). The molecule has 1 atom stereocenters. The first-order valence-electron chi connectivity index (χ1n) is 2.91. The van der Waals surface area contributed by atoms with Crippen LogP contribution in [-0.4, -0.2) is 22.9 Å². The summed E-state index contributed by atoms with van der Waals surface area (Å²) in [7, 11) is 0. The van der Waals surface area contributed by atoms with Gasteiger partial charge in [0.2, 0.25) is 12.2 Å². The molecular formula is C5H5N5OS. The number of hydrogen-bond acceptors (Lipinski definition) is 7. The maximum absolute atomic E-state index is 8.19. The lowest BCUT2D eigenvalue weighted by Gasteiger charge is -2.14. The number of aliphatic imine (C=N–C) groups is 2. The van der Waals surface area contributed by atoms with Gasteiger partial charge >= 0.3 is 0 Å². The Morgan fingerprint density at radius 1 is 1.58 bits per heavy atom. The second-order valence-corrected chi connectivity index (χ2v) is 2.35. The van der Waals surface area contributed by atoms with E-state index in [2.05, 4.69) is 14.7 Å². The average Bonchev–Trinajstić information content (AvgIpc) is 2.00. The monoisotopic (exact) mass is 183 g/mol. The van der Waals surface area contributed by atoms with Crippen LogP contribution in [0.5, 0.6) is 0 Å². The van der Waals surface area contributed by atoms with Crippen molar-refractivity contribution in [2.75, 3.05) is 0 Å². The second-order valence-electron chi connectivity index (χ2n) is 1.91. The quantitative estimate of drug-likeness (QED) is 0.394. The number of amidine groups is 1. The molecule has 62 valence electrons. The predicted molar refractivity (Wildman–Crippen MR) is 46.3 cm³/mol. The summed E-state index contributed by atoms with van der Waals surface area (Å²) in [6, 6.07) is 0. The lowest BCUT2D eigenvalue weighted by Crippen LogP contribution is -2.39. The summed E-state index contributed by atoms with van der Waals surface area (Å²) in [6.07, 6.45) is 0.548. The fraction of sp³-hybridized carbons (Fsp3) is 0.200. The predicted octanol–water partition coefficient (Wildman–Crippen LogP) is -1.13. The van der Waals surface area contributed by atoms with E-state index in [-0.39, 0.29) is 16.7 Å². The SMILES string of the molecule is N#CO[C@H]1N=C(N)N=C(N)C1=S. The zero-order chi connectivity index (χ0) is 9.14. The zero-order valence-corrected chi connectivity index (χ0v) is 6.71. The van der Waals surface area contributed by atoms with E-state index in [0.29, 0.717) is 0 Å². The third kappa shape index (κ3) is 1.49. The highest BCUT2D eigenvalue weighted by molar-refractivity contribution is 7.82. The minimum absolute atomic E-state index is 0.0404. The Kier molecular flexibility index (Phi) is 2.21. The number of guanidine groups is 1. The Labute approximate surface area is 73.5 Å². The summed E-state index contributed by atoms with van der Waals surface area (Å²) < 4.78 is 4.47. The summed E-state index contributed by atoms with van der Waals surface area (Å²) in [5.74, 6) is 0.0269. The van der Waals surface area contributed by atoms with Crippen LogP contribution < -0.4 is 11.5 Å². The Balaban J connectivity index is 2.88. The maximum Gasteiger partial charge on any atom is 0.288 e. The molecular weight excluding hydrogens is 178 g/mol. The normalized spacial score (nSPS) is 22.2. The van der Waals surface area contributed by atoms with Gasteiger partial charge in [-0.2, -0.15) is 10.3 Å². The van der Waals surface area contributed by atoms with Gasteiger partial charge in [0.15, 0.2) is 0 Å². The number of hydrogen-bond donors (Lipinski definition) is 2. The molecule has 0 bridgehead atoms. The first-order chi connectivity index (χ1) is 5.65. The number of ether oxygens (including phenoxy) is 1. The molecule has 12 heavy (non-hydrogen) atoms. The molecule has 0 spiro atoms.